The summed E-state index contributed by atoms with van der Waals surface area (Å²) in [6.45, 7) is 2.10. The third-order valence-corrected chi connectivity index (χ3v) is 6.29. The summed E-state index contributed by atoms with van der Waals surface area (Å²) < 4.78 is 7.34. The highest BCUT2D eigenvalue weighted by molar-refractivity contribution is 9.10. The van der Waals surface area contributed by atoms with Crippen molar-refractivity contribution in [2.24, 2.45) is 0 Å². The molecule has 168 valence electrons. The average Bonchev–Trinajstić information content (AvgIpc) is 3.25. The minimum Gasteiger partial charge on any atom is -0.462 e. The van der Waals surface area contributed by atoms with Gasteiger partial charge in [0.25, 0.3) is 5.56 Å². The lowest BCUT2D eigenvalue weighted by atomic mass is 10.1. The predicted molar refractivity (Wildman–Crippen MR) is 133 cm³/mol. The van der Waals surface area contributed by atoms with Gasteiger partial charge in [0.15, 0.2) is 0 Å². The van der Waals surface area contributed by atoms with Gasteiger partial charge in [0.2, 0.25) is 5.91 Å². The van der Waals surface area contributed by atoms with Crippen LogP contribution >= 0.6 is 27.3 Å². The number of aromatic nitrogens is 2. The molecule has 0 atom stereocenters. The van der Waals surface area contributed by atoms with Crippen LogP contribution in [0.5, 0.6) is 0 Å². The van der Waals surface area contributed by atoms with Gasteiger partial charge in [-0.25, -0.2) is 9.78 Å². The van der Waals surface area contributed by atoms with Gasteiger partial charge in [0, 0.05) is 21.1 Å². The normalized spacial score (nSPS) is 10.8. The van der Waals surface area contributed by atoms with Gasteiger partial charge in [0.1, 0.15) is 11.4 Å². The van der Waals surface area contributed by atoms with Crippen LogP contribution in [0, 0.1) is 0 Å². The van der Waals surface area contributed by atoms with Crippen LogP contribution < -0.4 is 10.9 Å². The van der Waals surface area contributed by atoms with Crippen molar-refractivity contribution in [3.8, 4) is 11.1 Å². The number of carbonyl (C=O) groups is 2. The maximum atomic E-state index is 13.1. The molecular formula is C24H20BrN3O4S. The zero-order valence-corrected chi connectivity index (χ0v) is 20.1. The quantitative estimate of drug-likeness (QED) is 0.339. The first-order valence-electron chi connectivity index (χ1n) is 10.3. The number of fused-ring (bicyclic) bond motifs is 1. The summed E-state index contributed by atoms with van der Waals surface area (Å²) in [7, 11) is 0. The van der Waals surface area contributed by atoms with E-state index in [1.807, 2.05) is 36.6 Å². The number of ether oxygens (including phenoxy) is 1. The van der Waals surface area contributed by atoms with Crippen molar-refractivity contribution >= 4 is 55.0 Å². The number of anilines is 1. The molecule has 2 heterocycles. The number of esters is 1. The molecule has 1 N–H and O–H groups in total. The van der Waals surface area contributed by atoms with Crippen molar-refractivity contribution in [1.82, 2.24) is 9.55 Å². The Morgan fingerprint density at radius 3 is 2.55 bits per heavy atom. The van der Waals surface area contributed by atoms with E-state index in [0.717, 1.165) is 22.0 Å². The fourth-order valence-electron chi connectivity index (χ4n) is 3.25. The average molecular weight is 526 g/mol. The summed E-state index contributed by atoms with van der Waals surface area (Å²) >= 11 is 4.81. The van der Waals surface area contributed by atoms with Crippen LogP contribution in [0.15, 0.2) is 69.5 Å². The molecule has 1 amide bonds. The molecule has 2 aromatic carbocycles. The van der Waals surface area contributed by atoms with Gasteiger partial charge in [0.05, 0.1) is 23.9 Å². The molecule has 0 radical (unpaired) electrons. The van der Waals surface area contributed by atoms with E-state index in [1.54, 1.807) is 24.3 Å². The predicted octanol–water partition coefficient (Wildman–Crippen LogP) is 5.09. The number of thiophene rings is 1. The number of nitrogens with one attached hydrogen (secondary N) is 1. The monoisotopic (exact) mass is 525 g/mol. The summed E-state index contributed by atoms with van der Waals surface area (Å²) in [4.78, 5) is 42.6. The topological polar surface area (TPSA) is 90.3 Å². The minimum atomic E-state index is -0.405. The van der Waals surface area contributed by atoms with Crippen molar-refractivity contribution in [2.75, 3.05) is 11.9 Å². The lowest BCUT2D eigenvalue weighted by Gasteiger charge is -2.09. The Morgan fingerprint density at radius 1 is 1.12 bits per heavy atom. The third kappa shape index (κ3) is 5.20. The zero-order chi connectivity index (χ0) is 23.4. The van der Waals surface area contributed by atoms with E-state index in [0.29, 0.717) is 28.1 Å². The Kier molecular flexibility index (Phi) is 7.00. The van der Waals surface area contributed by atoms with E-state index in [9.17, 15) is 14.4 Å². The molecule has 0 saturated carbocycles. The van der Waals surface area contributed by atoms with Crippen molar-refractivity contribution < 1.29 is 14.3 Å². The summed E-state index contributed by atoms with van der Waals surface area (Å²) in [5.41, 5.74) is 2.34. The number of rotatable bonds is 7. The van der Waals surface area contributed by atoms with Crippen molar-refractivity contribution in [3.63, 3.8) is 0 Å². The maximum Gasteiger partial charge on any atom is 0.338 e. The largest absolute Gasteiger partial charge is 0.462 e. The molecule has 0 unspecified atom stereocenters. The lowest BCUT2D eigenvalue weighted by Crippen LogP contribution is -2.27. The van der Waals surface area contributed by atoms with Crippen LogP contribution in [-0.4, -0.2) is 28.0 Å². The molecule has 0 saturated heterocycles. The van der Waals surface area contributed by atoms with Gasteiger partial charge in [-0.3, -0.25) is 14.2 Å². The van der Waals surface area contributed by atoms with E-state index >= 15 is 0 Å². The Balaban J connectivity index is 1.51. The first-order chi connectivity index (χ1) is 16.0. The molecule has 0 spiro atoms. The highest BCUT2D eigenvalue weighted by atomic mass is 79.9. The second-order valence-corrected chi connectivity index (χ2v) is 9.05. The van der Waals surface area contributed by atoms with Gasteiger partial charge in [-0.1, -0.05) is 35.0 Å². The zero-order valence-electron chi connectivity index (χ0n) is 17.7. The smallest absolute Gasteiger partial charge is 0.338 e. The summed E-state index contributed by atoms with van der Waals surface area (Å²) in [6, 6.07) is 14.1. The van der Waals surface area contributed by atoms with Crippen molar-refractivity contribution in [1.29, 1.82) is 0 Å². The van der Waals surface area contributed by atoms with E-state index in [2.05, 4.69) is 26.2 Å². The van der Waals surface area contributed by atoms with Gasteiger partial charge in [-0.15, -0.1) is 11.3 Å². The molecule has 9 heteroatoms. The third-order valence-electron chi connectivity index (χ3n) is 4.87. The molecule has 2 aromatic heterocycles. The number of carbonyl (C=O) groups excluding carboxylic acids is 2. The molecule has 7 nitrogen and oxygen atoms in total. The summed E-state index contributed by atoms with van der Waals surface area (Å²) in [6.07, 6.45) is 2.13. The summed E-state index contributed by atoms with van der Waals surface area (Å²) in [5, 5.41) is 5.14. The number of amides is 1. The molecule has 0 aliphatic carbocycles. The minimum absolute atomic E-state index is 0.183. The number of hydrogen-bond donors (Lipinski definition) is 1. The van der Waals surface area contributed by atoms with Gasteiger partial charge < -0.3 is 10.1 Å². The van der Waals surface area contributed by atoms with E-state index < -0.39 is 5.97 Å². The molecule has 0 bridgehead atoms. The number of halogens is 1. The maximum absolute atomic E-state index is 13.1. The molecule has 4 rings (SSSR count). The Bertz CT molecular complexity index is 1360. The van der Waals surface area contributed by atoms with Gasteiger partial charge >= 0.3 is 5.97 Å². The van der Waals surface area contributed by atoms with Gasteiger partial charge in [-0.05, 0) is 48.4 Å². The SMILES string of the molecule is CCCOC(=O)c1ccc(NC(=O)Cn2cnc3scc(-c4ccc(Br)cc4)c3c2=O)cc1. The fraction of sp³-hybridized carbons (Fsp3) is 0.167. The van der Waals surface area contributed by atoms with Crippen molar-refractivity contribution in [3.05, 3.63) is 80.6 Å². The molecular weight excluding hydrogens is 506 g/mol. The highest BCUT2D eigenvalue weighted by Crippen LogP contribution is 2.31. The molecule has 0 fully saturated rings. The number of benzene rings is 2. The van der Waals surface area contributed by atoms with Crippen LogP contribution in [0.2, 0.25) is 0 Å². The van der Waals surface area contributed by atoms with E-state index in [1.165, 1.54) is 22.2 Å². The summed E-state index contributed by atoms with van der Waals surface area (Å²) in [5.74, 6) is -0.780. The Morgan fingerprint density at radius 2 is 1.85 bits per heavy atom. The number of hydrogen-bond acceptors (Lipinski definition) is 6. The first-order valence-corrected chi connectivity index (χ1v) is 11.9. The van der Waals surface area contributed by atoms with Crippen LogP contribution in [0.3, 0.4) is 0 Å². The second kappa shape index (κ2) is 10.1. The standard InChI is InChI=1S/C24H20BrN3O4S/c1-2-11-32-24(31)16-5-9-18(10-6-16)27-20(29)12-28-14-26-22-21(23(28)30)19(13-33-22)15-3-7-17(25)8-4-15/h3-10,13-14H,2,11-12H2,1H3,(H,27,29). The molecule has 33 heavy (non-hydrogen) atoms. The Labute approximate surface area is 202 Å². The van der Waals surface area contributed by atoms with Gasteiger partial charge in [-0.2, -0.15) is 0 Å². The fourth-order valence-corrected chi connectivity index (χ4v) is 4.42. The first kappa shape index (κ1) is 22.9. The van der Waals surface area contributed by atoms with E-state index in [4.69, 9.17) is 4.74 Å². The number of nitrogens with zero attached hydrogens (tertiary/aromatic N) is 2. The Hall–Kier alpha value is -3.30. The molecule has 0 aliphatic rings. The molecule has 0 aliphatic heterocycles. The van der Waals surface area contributed by atoms with E-state index in [-0.39, 0.29) is 18.0 Å². The van der Waals surface area contributed by atoms with Crippen LogP contribution in [0.1, 0.15) is 23.7 Å². The van der Waals surface area contributed by atoms with Crippen LogP contribution in [0.4, 0.5) is 5.69 Å². The molecule has 4 aromatic rings. The van der Waals surface area contributed by atoms with Crippen molar-refractivity contribution in [2.45, 2.75) is 19.9 Å². The second-order valence-electron chi connectivity index (χ2n) is 7.28. The van der Waals surface area contributed by atoms with Crippen LogP contribution in [0.25, 0.3) is 21.3 Å². The van der Waals surface area contributed by atoms with Crippen LogP contribution in [-0.2, 0) is 16.1 Å². The highest BCUT2D eigenvalue weighted by Gasteiger charge is 2.15. The lowest BCUT2D eigenvalue weighted by molar-refractivity contribution is -0.116.